The van der Waals surface area contributed by atoms with E-state index in [4.69, 9.17) is 9.73 Å². The molecule has 0 saturated heterocycles. The molecule has 3 nitrogen and oxygen atoms in total. The Kier molecular flexibility index (Phi) is 4.89. The van der Waals surface area contributed by atoms with E-state index in [1.807, 2.05) is 86.6 Å². The van der Waals surface area contributed by atoms with Crippen LogP contribution in [0.3, 0.4) is 0 Å². The topological polar surface area (TPSA) is 38.7 Å². The number of Topliss-reactive ketones (excluding diaryl/α,β-unsaturated/α-hetero) is 1. The Labute approximate surface area is 171 Å². The minimum atomic E-state index is -0.536. The van der Waals surface area contributed by atoms with Gasteiger partial charge in [0.2, 0.25) is 0 Å². The third-order valence-electron chi connectivity index (χ3n) is 5.33. The number of carbonyl (C=O) groups is 1. The fourth-order valence-electron chi connectivity index (χ4n) is 3.77. The molecule has 0 heterocycles. The van der Waals surface area contributed by atoms with Crippen LogP contribution in [-0.4, -0.2) is 18.6 Å². The van der Waals surface area contributed by atoms with E-state index in [0.717, 1.165) is 28.1 Å². The predicted molar refractivity (Wildman–Crippen MR) is 118 cm³/mol. The summed E-state index contributed by atoms with van der Waals surface area (Å²) in [4.78, 5) is 18.1. The molecular weight excluding hydrogens is 358 g/mol. The molecule has 3 heteroatoms. The molecule has 0 bridgehead atoms. The number of hydrogen-bond donors (Lipinski definition) is 0. The monoisotopic (exact) mass is 381 g/mol. The first-order valence-corrected chi connectivity index (χ1v) is 9.66. The Morgan fingerprint density at radius 1 is 0.828 bits per heavy atom. The summed E-state index contributed by atoms with van der Waals surface area (Å²) in [7, 11) is 1.64. The highest BCUT2D eigenvalue weighted by Gasteiger charge is 2.48. The number of allylic oxidation sites excluding steroid dienone is 2. The molecular formula is C26H23NO2. The number of nitrogens with zero attached hydrogens (tertiary/aromatic N) is 1. The molecule has 144 valence electrons. The van der Waals surface area contributed by atoms with E-state index in [-0.39, 0.29) is 5.78 Å². The molecule has 0 unspecified atom stereocenters. The molecule has 0 fully saturated rings. The fraction of sp³-hybridized carbons (Fsp3) is 0.154. The summed E-state index contributed by atoms with van der Waals surface area (Å²) in [6.45, 7) is 3.97. The Balaban J connectivity index is 1.93. The minimum absolute atomic E-state index is 0.118. The van der Waals surface area contributed by atoms with E-state index >= 15 is 0 Å². The largest absolute Gasteiger partial charge is 0.497 e. The molecule has 1 aliphatic rings. The van der Waals surface area contributed by atoms with Gasteiger partial charge in [-0.05, 0) is 49.2 Å². The van der Waals surface area contributed by atoms with Crippen LogP contribution in [0.2, 0.25) is 0 Å². The predicted octanol–water partition coefficient (Wildman–Crippen LogP) is 5.88. The van der Waals surface area contributed by atoms with Crippen molar-refractivity contribution in [2.24, 2.45) is 10.4 Å². The third kappa shape index (κ3) is 3.40. The lowest BCUT2D eigenvalue weighted by atomic mass is 9.61. The van der Waals surface area contributed by atoms with Gasteiger partial charge in [-0.15, -0.1) is 0 Å². The van der Waals surface area contributed by atoms with Crippen molar-refractivity contribution in [2.45, 2.75) is 13.8 Å². The molecule has 29 heavy (non-hydrogen) atoms. The summed E-state index contributed by atoms with van der Waals surface area (Å²) in [6, 6.07) is 27.5. The average Bonchev–Trinajstić information content (AvgIpc) is 2.77. The smallest absolute Gasteiger partial charge is 0.175 e. The number of carbonyl (C=O) groups excluding carboxylic acids is 1. The van der Waals surface area contributed by atoms with Crippen LogP contribution in [0.15, 0.2) is 95.5 Å². The second kappa shape index (κ2) is 7.51. The minimum Gasteiger partial charge on any atom is -0.497 e. The van der Waals surface area contributed by atoms with Gasteiger partial charge in [0, 0.05) is 11.1 Å². The molecule has 0 aromatic heterocycles. The molecule has 0 saturated carbocycles. The average molecular weight is 381 g/mol. The second-order valence-corrected chi connectivity index (χ2v) is 7.59. The summed E-state index contributed by atoms with van der Waals surface area (Å²) in [5.74, 6) is 0.891. The molecule has 0 atom stereocenters. The molecule has 0 N–H and O–H groups in total. The highest BCUT2D eigenvalue weighted by atomic mass is 16.5. The second-order valence-electron chi connectivity index (χ2n) is 7.59. The van der Waals surface area contributed by atoms with Gasteiger partial charge in [-0.3, -0.25) is 4.79 Å². The standard InChI is InChI=1S/C26H23NO2/c1-26(2)23(18-10-6-4-7-11-18)22(25(26)28)24(19-12-8-5-9-13-19)27-20-14-16-21(29-3)17-15-20/h4-17H,1-3H3. The highest BCUT2D eigenvalue weighted by molar-refractivity contribution is 6.41. The van der Waals surface area contributed by atoms with E-state index in [2.05, 4.69) is 12.1 Å². The first kappa shape index (κ1) is 18.9. The van der Waals surface area contributed by atoms with Crippen molar-refractivity contribution >= 4 is 22.8 Å². The van der Waals surface area contributed by atoms with Gasteiger partial charge in [-0.1, -0.05) is 60.7 Å². The number of ether oxygens (including phenoxy) is 1. The quantitative estimate of drug-likeness (QED) is 0.518. The van der Waals surface area contributed by atoms with E-state index in [9.17, 15) is 4.79 Å². The summed E-state index contributed by atoms with van der Waals surface area (Å²) in [6.07, 6.45) is 0. The molecule has 3 aromatic rings. The summed E-state index contributed by atoms with van der Waals surface area (Å²) >= 11 is 0. The third-order valence-corrected chi connectivity index (χ3v) is 5.33. The van der Waals surface area contributed by atoms with Crippen molar-refractivity contribution in [1.29, 1.82) is 0 Å². The van der Waals surface area contributed by atoms with Crippen LogP contribution in [0.25, 0.3) is 5.57 Å². The number of benzene rings is 3. The number of hydrogen-bond acceptors (Lipinski definition) is 3. The lowest BCUT2D eigenvalue weighted by Gasteiger charge is -2.39. The first-order valence-electron chi connectivity index (χ1n) is 9.66. The number of methoxy groups -OCH3 is 1. The van der Waals surface area contributed by atoms with Crippen LogP contribution in [-0.2, 0) is 4.79 Å². The van der Waals surface area contributed by atoms with Crippen LogP contribution in [0.5, 0.6) is 5.75 Å². The molecule has 3 aromatic carbocycles. The van der Waals surface area contributed by atoms with Crippen molar-refractivity contribution in [3.63, 3.8) is 0 Å². The molecule has 0 aliphatic heterocycles. The van der Waals surface area contributed by atoms with Crippen molar-refractivity contribution in [3.8, 4) is 5.75 Å². The maximum atomic E-state index is 13.2. The number of rotatable bonds is 5. The Morgan fingerprint density at radius 3 is 2.00 bits per heavy atom. The highest BCUT2D eigenvalue weighted by Crippen LogP contribution is 2.50. The van der Waals surface area contributed by atoms with Gasteiger partial charge in [-0.2, -0.15) is 0 Å². The Hall–Kier alpha value is -3.46. The fourth-order valence-corrected chi connectivity index (χ4v) is 3.77. The SMILES string of the molecule is COc1ccc(N=C(C2=C(c3ccccc3)C(C)(C)C2=O)c2ccccc2)cc1. The van der Waals surface area contributed by atoms with E-state index in [1.165, 1.54) is 0 Å². The normalized spacial score (nSPS) is 15.8. The molecule has 0 spiro atoms. The Bertz CT molecular complexity index is 1090. The molecule has 1 aliphatic carbocycles. The zero-order valence-electron chi connectivity index (χ0n) is 16.8. The van der Waals surface area contributed by atoms with Crippen LogP contribution in [0.4, 0.5) is 5.69 Å². The van der Waals surface area contributed by atoms with Gasteiger partial charge in [0.05, 0.1) is 23.9 Å². The van der Waals surface area contributed by atoms with Crippen LogP contribution in [0.1, 0.15) is 25.0 Å². The summed E-state index contributed by atoms with van der Waals surface area (Å²) < 4.78 is 5.25. The van der Waals surface area contributed by atoms with Crippen LogP contribution >= 0.6 is 0 Å². The van der Waals surface area contributed by atoms with Crippen molar-refractivity contribution in [1.82, 2.24) is 0 Å². The van der Waals surface area contributed by atoms with Gasteiger partial charge < -0.3 is 4.74 Å². The van der Waals surface area contributed by atoms with Crippen LogP contribution < -0.4 is 4.74 Å². The Morgan fingerprint density at radius 2 is 1.41 bits per heavy atom. The van der Waals surface area contributed by atoms with Gasteiger partial charge >= 0.3 is 0 Å². The van der Waals surface area contributed by atoms with Crippen LogP contribution in [0, 0.1) is 5.41 Å². The van der Waals surface area contributed by atoms with Crippen molar-refractivity contribution in [3.05, 3.63) is 102 Å². The zero-order chi connectivity index (χ0) is 20.4. The maximum absolute atomic E-state index is 13.2. The molecule has 0 radical (unpaired) electrons. The van der Waals surface area contributed by atoms with Gasteiger partial charge in [0.25, 0.3) is 0 Å². The maximum Gasteiger partial charge on any atom is 0.175 e. The lowest BCUT2D eigenvalue weighted by Crippen LogP contribution is -2.41. The lowest BCUT2D eigenvalue weighted by molar-refractivity contribution is -0.122. The van der Waals surface area contributed by atoms with Gasteiger partial charge in [0.15, 0.2) is 5.78 Å². The number of aliphatic imine (C=N–C) groups is 1. The van der Waals surface area contributed by atoms with Gasteiger partial charge in [0.1, 0.15) is 5.75 Å². The zero-order valence-corrected chi connectivity index (χ0v) is 16.8. The van der Waals surface area contributed by atoms with Crippen molar-refractivity contribution < 1.29 is 9.53 Å². The molecule has 4 rings (SSSR count). The number of ketones is 1. The van der Waals surface area contributed by atoms with Gasteiger partial charge in [-0.25, -0.2) is 4.99 Å². The van der Waals surface area contributed by atoms with E-state index in [1.54, 1.807) is 7.11 Å². The molecule has 0 amide bonds. The summed E-state index contributed by atoms with van der Waals surface area (Å²) in [5.41, 5.74) is 4.68. The van der Waals surface area contributed by atoms with Crippen molar-refractivity contribution in [2.75, 3.05) is 7.11 Å². The first-order chi connectivity index (χ1) is 14.0. The van der Waals surface area contributed by atoms with E-state index < -0.39 is 5.41 Å². The summed E-state index contributed by atoms with van der Waals surface area (Å²) in [5, 5.41) is 0. The van der Waals surface area contributed by atoms with E-state index in [0.29, 0.717) is 11.3 Å².